The van der Waals surface area contributed by atoms with Crippen LogP contribution in [0.15, 0.2) is 42.5 Å². The molecule has 1 aromatic heterocycles. The zero-order valence-corrected chi connectivity index (χ0v) is 16.1. The van der Waals surface area contributed by atoms with E-state index in [9.17, 15) is 9.18 Å². The number of amides is 2. The Hall–Kier alpha value is -3.48. The number of carbonyl (C=O) groups is 1. The predicted molar refractivity (Wildman–Crippen MR) is 107 cm³/mol. The molecule has 0 aliphatic heterocycles. The van der Waals surface area contributed by atoms with Gasteiger partial charge >= 0.3 is 12.0 Å². The SMILES string of the molecule is Cc1cccc(NC(=O)Nc2c(C)nc(Oc3ccccc3F)nc2C)c1C. The summed E-state index contributed by atoms with van der Waals surface area (Å²) in [5, 5.41) is 5.60. The first-order valence-corrected chi connectivity index (χ1v) is 8.77. The van der Waals surface area contributed by atoms with E-state index in [0.29, 0.717) is 17.1 Å². The number of benzene rings is 2. The van der Waals surface area contributed by atoms with E-state index < -0.39 is 11.8 Å². The van der Waals surface area contributed by atoms with Crippen LogP contribution in [0.2, 0.25) is 0 Å². The van der Waals surface area contributed by atoms with Crippen LogP contribution in [0.25, 0.3) is 0 Å². The van der Waals surface area contributed by atoms with Gasteiger partial charge in [0.2, 0.25) is 0 Å². The van der Waals surface area contributed by atoms with Crippen LogP contribution in [0.4, 0.5) is 20.6 Å². The first kappa shape index (κ1) is 19.3. The van der Waals surface area contributed by atoms with Crippen molar-refractivity contribution < 1.29 is 13.9 Å². The van der Waals surface area contributed by atoms with Gasteiger partial charge in [0.05, 0.1) is 17.1 Å². The minimum atomic E-state index is -0.503. The Morgan fingerprint density at radius 3 is 2.29 bits per heavy atom. The average Bonchev–Trinajstić information content (AvgIpc) is 2.64. The predicted octanol–water partition coefficient (Wildman–Crippen LogP) is 5.29. The zero-order valence-electron chi connectivity index (χ0n) is 16.1. The highest BCUT2D eigenvalue weighted by Gasteiger charge is 2.14. The number of hydrogen-bond acceptors (Lipinski definition) is 4. The highest BCUT2D eigenvalue weighted by molar-refractivity contribution is 6.00. The molecule has 0 aliphatic carbocycles. The lowest BCUT2D eigenvalue weighted by Crippen LogP contribution is -2.22. The maximum Gasteiger partial charge on any atom is 0.323 e. The smallest absolute Gasteiger partial charge is 0.323 e. The molecule has 28 heavy (non-hydrogen) atoms. The molecule has 0 spiro atoms. The third kappa shape index (κ3) is 4.25. The molecule has 0 fully saturated rings. The number of urea groups is 1. The number of aryl methyl sites for hydroxylation is 3. The van der Waals surface area contributed by atoms with Gasteiger partial charge in [-0.15, -0.1) is 0 Å². The topological polar surface area (TPSA) is 76.1 Å². The molecule has 2 N–H and O–H groups in total. The third-order valence-corrected chi connectivity index (χ3v) is 4.38. The van der Waals surface area contributed by atoms with Crippen LogP contribution >= 0.6 is 0 Å². The van der Waals surface area contributed by atoms with Crippen LogP contribution in [0.3, 0.4) is 0 Å². The summed E-state index contributed by atoms with van der Waals surface area (Å²) in [5.74, 6) is -0.466. The number of nitrogens with zero attached hydrogens (tertiary/aromatic N) is 2. The molecule has 0 atom stereocenters. The molecule has 7 heteroatoms. The van der Waals surface area contributed by atoms with Gasteiger partial charge in [-0.1, -0.05) is 24.3 Å². The second-order valence-corrected chi connectivity index (χ2v) is 6.41. The van der Waals surface area contributed by atoms with Crippen LogP contribution in [-0.2, 0) is 0 Å². The fourth-order valence-electron chi connectivity index (χ4n) is 2.69. The van der Waals surface area contributed by atoms with E-state index in [4.69, 9.17) is 4.74 Å². The molecule has 0 saturated carbocycles. The number of rotatable bonds is 4. The maximum absolute atomic E-state index is 13.7. The second kappa shape index (κ2) is 8.04. The lowest BCUT2D eigenvalue weighted by molar-refractivity contribution is 0.262. The molecule has 6 nitrogen and oxygen atoms in total. The minimum absolute atomic E-state index is 0.0144. The van der Waals surface area contributed by atoms with Crippen LogP contribution in [0, 0.1) is 33.5 Å². The van der Waals surface area contributed by atoms with E-state index >= 15 is 0 Å². The van der Waals surface area contributed by atoms with Crippen molar-refractivity contribution in [2.24, 2.45) is 0 Å². The summed E-state index contributed by atoms with van der Waals surface area (Å²) in [5.41, 5.74) is 4.31. The number of anilines is 2. The van der Waals surface area contributed by atoms with Gasteiger partial charge in [-0.25, -0.2) is 9.18 Å². The van der Waals surface area contributed by atoms with Gasteiger partial charge in [0.1, 0.15) is 0 Å². The lowest BCUT2D eigenvalue weighted by atomic mass is 10.1. The zero-order chi connectivity index (χ0) is 20.3. The van der Waals surface area contributed by atoms with Gasteiger partial charge in [-0.05, 0) is 57.0 Å². The van der Waals surface area contributed by atoms with Gasteiger partial charge in [-0.3, -0.25) is 0 Å². The monoisotopic (exact) mass is 380 g/mol. The Labute approximate surface area is 162 Å². The molecule has 0 radical (unpaired) electrons. The van der Waals surface area contributed by atoms with Crippen LogP contribution in [0.1, 0.15) is 22.5 Å². The molecule has 0 aliphatic rings. The third-order valence-electron chi connectivity index (χ3n) is 4.38. The van der Waals surface area contributed by atoms with Crippen LogP contribution < -0.4 is 15.4 Å². The summed E-state index contributed by atoms with van der Waals surface area (Å²) in [7, 11) is 0. The Morgan fingerprint density at radius 1 is 0.929 bits per heavy atom. The highest BCUT2D eigenvalue weighted by Crippen LogP contribution is 2.25. The maximum atomic E-state index is 13.7. The van der Waals surface area contributed by atoms with Crippen molar-refractivity contribution in [3.05, 3.63) is 70.8 Å². The summed E-state index contributed by atoms with van der Waals surface area (Å²) in [6, 6.07) is 11.3. The molecule has 0 unspecified atom stereocenters. The largest absolute Gasteiger partial charge is 0.421 e. The second-order valence-electron chi connectivity index (χ2n) is 6.41. The van der Waals surface area contributed by atoms with Crippen molar-refractivity contribution in [3.8, 4) is 11.8 Å². The Morgan fingerprint density at radius 2 is 1.61 bits per heavy atom. The Bertz CT molecular complexity index is 1010. The minimum Gasteiger partial charge on any atom is -0.421 e. The van der Waals surface area contributed by atoms with E-state index in [1.807, 2.05) is 32.0 Å². The first-order chi connectivity index (χ1) is 13.3. The van der Waals surface area contributed by atoms with Gasteiger partial charge in [0.15, 0.2) is 11.6 Å². The van der Waals surface area contributed by atoms with Gasteiger partial charge in [0.25, 0.3) is 0 Å². The van der Waals surface area contributed by atoms with Crippen molar-refractivity contribution in [1.29, 1.82) is 0 Å². The molecule has 0 bridgehead atoms. The van der Waals surface area contributed by atoms with Gasteiger partial charge < -0.3 is 15.4 Å². The molecule has 144 valence electrons. The normalized spacial score (nSPS) is 10.5. The van der Waals surface area contributed by atoms with Crippen molar-refractivity contribution in [3.63, 3.8) is 0 Å². The van der Waals surface area contributed by atoms with E-state index in [1.165, 1.54) is 12.1 Å². The van der Waals surface area contributed by atoms with Crippen molar-refractivity contribution in [2.45, 2.75) is 27.7 Å². The number of aromatic nitrogens is 2. The number of para-hydroxylation sites is 1. The molecule has 3 rings (SSSR count). The molecule has 1 heterocycles. The highest BCUT2D eigenvalue weighted by atomic mass is 19.1. The number of halogens is 1. The average molecular weight is 380 g/mol. The van der Waals surface area contributed by atoms with Crippen molar-refractivity contribution in [1.82, 2.24) is 9.97 Å². The fourth-order valence-corrected chi connectivity index (χ4v) is 2.69. The van der Waals surface area contributed by atoms with Crippen molar-refractivity contribution >= 4 is 17.4 Å². The fraction of sp³-hybridized carbons (Fsp3) is 0.190. The van der Waals surface area contributed by atoms with E-state index in [-0.39, 0.29) is 11.8 Å². The van der Waals surface area contributed by atoms with Crippen LogP contribution in [-0.4, -0.2) is 16.0 Å². The van der Waals surface area contributed by atoms with E-state index in [0.717, 1.165) is 16.8 Å². The molecule has 0 saturated heterocycles. The van der Waals surface area contributed by atoms with Crippen molar-refractivity contribution in [2.75, 3.05) is 10.6 Å². The molecule has 2 amide bonds. The number of nitrogens with one attached hydrogen (secondary N) is 2. The van der Waals surface area contributed by atoms with E-state index in [1.54, 1.807) is 26.0 Å². The Balaban J connectivity index is 1.76. The molecular weight excluding hydrogens is 359 g/mol. The quantitative estimate of drug-likeness (QED) is 0.645. The summed E-state index contributed by atoms with van der Waals surface area (Å²) in [6.07, 6.45) is 0. The summed E-state index contributed by atoms with van der Waals surface area (Å²) in [4.78, 5) is 20.9. The molecule has 3 aromatic rings. The lowest BCUT2D eigenvalue weighted by Gasteiger charge is -2.14. The first-order valence-electron chi connectivity index (χ1n) is 8.77. The summed E-state index contributed by atoms with van der Waals surface area (Å²) < 4.78 is 19.2. The van der Waals surface area contributed by atoms with E-state index in [2.05, 4.69) is 20.6 Å². The van der Waals surface area contributed by atoms with Gasteiger partial charge in [0, 0.05) is 5.69 Å². The summed E-state index contributed by atoms with van der Waals surface area (Å²) >= 11 is 0. The molecule has 2 aromatic carbocycles. The summed E-state index contributed by atoms with van der Waals surface area (Å²) in [6.45, 7) is 7.36. The Kier molecular flexibility index (Phi) is 5.54. The van der Waals surface area contributed by atoms with Crippen LogP contribution in [0.5, 0.6) is 11.8 Å². The van der Waals surface area contributed by atoms with Gasteiger partial charge in [-0.2, -0.15) is 9.97 Å². The number of hydrogen-bond donors (Lipinski definition) is 2. The number of carbonyl (C=O) groups excluding carboxylic acids is 1. The molecular formula is C21H21FN4O2. The number of ether oxygens (including phenoxy) is 1. The standard InChI is InChI=1S/C21H21FN4O2/c1-12-8-7-10-17(13(12)2)25-20(27)26-19-14(3)23-21(24-15(19)4)28-18-11-6-5-9-16(18)22/h5-11H,1-4H3,(H2,25,26,27).